The number of ketones is 1. The number of hydrogen-bond donors (Lipinski definition) is 0. The molecule has 1 aromatic rings. The molecule has 3 nitrogen and oxygen atoms in total. The minimum Gasteiger partial charge on any atom is -0.293 e. The highest BCUT2D eigenvalue weighted by molar-refractivity contribution is 9.10. The molecule has 5 heteroatoms. The first-order valence-corrected chi connectivity index (χ1v) is 7.06. The Hall–Kier alpha value is -0.680. The fraction of sp³-hybridized carbons (Fsp3) is 0.300. The molecule has 0 heterocycles. The summed E-state index contributed by atoms with van der Waals surface area (Å²) in [5.74, 6) is -0.806. The van der Waals surface area contributed by atoms with Gasteiger partial charge in [0.05, 0.1) is 0 Å². The first-order chi connectivity index (χ1) is 6.96. The van der Waals surface area contributed by atoms with Crippen LogP contribution in [-0.2, 0) is 9.84 Å². The van der Waals surface area contributed by atoms with Crippen molar-refractivity contribution in [3.8, 4) is 0 Å². The summed E-state index contributed by atoms with van der Waals surface area (Å²) >= 11 is 3.21. The van der Waals surface area contributed by atoms with E-state index in [1.54, 1.807) is 24.3 Å². The number of sulfone groups is 1. The van der Waals surface area contributed by atoms with Crippen LogP contribution in [0.25, 0.3) is 0 Å². The highest BCUT2D eigenvalue weighted by Crippen LogP contribution is 2.16. The standard InChI is InChI=1S/C10H11BrO3S/c1-2-15(13,14)7-10(12)8-5-3-4-6-9(8)11/h3-6H,2,7H2,1H3. The lowest BCUT2D eigenvalue weighted by atomic mass is 10.1. The van der Waals surface area contributed by atoms with Crippen LogP contribution in [0, 0.1) is 0 Å². The lowest BCUT2D eigenvalue weighted by Crippen LogP contribution is -2.18. The zero-order chi connectivity index (χ0) is 11.5. The molecule has 0 aliphatic carbocycles. The molecule has 82 valence electrons. The Morgan fingerprint density at radius 1 is 1.33 bits per heavy atom. The van der Waals surface area contributed by atoms with E-state index in [0.717, 1.165) is 0 Å². The van der Waals surface area contributed by atoms with Gasteiger partial charge in [0, 0.05) is 15.8 Å². The molecule has 0 fully saturated rings. The molecule has 0 saturated heterocycles. The third-order valence-electron chi connectivity index (χ3n) is 1.97. The second-order valence-electron chi connectivity index (χ2n) is 3.08. The van der Waals surface area contributed by atoms with Crippen LogP contribution >= 0.6 is 15.9 Å². The van der Waals surface area contributed by atoms with Crippen molar-refractivity contribution in [2.75, 3.05) is 11.5 Å². The van der Waals surface area contributed by atoms with Crippen molar-refractivity contribution in [1.82, 2.24) is 0 Å². The lowest BCUT2D eigenvalue weighted by molar-refractivity contribution is 0.102. The Balaban J connectivity index is 2.93. The number of benzene rings is 1. The van der Waals surface area contributed by atoms with E-state index in [1.165, 1.54) is 6.92 Å². The molecular weight excluding hydrogens is 280 g/mol. The SMILES string of the molecule is CCS(=O)(=O)CC(=O)c1ccccc1Br. The van der Waals surface area contributed by atoms with E-state index in [9.17, 15) is 13.2 Å². The largest absolute Gasteiger partial charge is 0.293 e. The summed E-state index contributed by atoms with van der Waals surface area (Å²) in [6.07, 6.45) is 0. The third kappa shape index (κ3) is 3.43. The van der Waals surface area contributed by atoms with E-state index in [0.29, 0.717) is 10.0 Å². The molecule has 1 aromatic carbocycles. The van der Waals surface area contributed by atoms with Gasteiger partial charge in [0.1, 0.15) is 5.75 Å². The van der Waals surface area contributed by atoms with Crippen molar-refractivity contribution in [3.63, 3.8) is 0 Å². The molecule has 0 aromatic heterocycles. The monoisotopic (exact) mass is 290 g/mol. The van der Waals surface area contributed by atoms with Crippen LogP contribution in [0.1, 0.15) is 17.3 Å². The van der Waals surface area contributed by atoms with Gasteiger partial charge in [-0.1, -0.05) is 41.1 Å². The smallest absolute Gasteiger partial charge is 0.178 e. The van der Waals surface area contributed by atoms with Crippen molar-refractivity contribution in [2.24, 2.45) is 0 Å². The minimum atomic E-state index is -3.25. The van der Waals surface area contributed by atoms with Crippen molar-refractivity contribution in [2.45, 2.75) is 6.92 Å². The fourth-order valence-electron chi connectivity index (χ4n) is 1.07. The maximum absolute atomic E-state index is 11.6. The Kier molecular flexibility index (Phi) is 4.04. The number of halogens is 1. The Morgan fingerprint density at radius 2 is 1.93 bits per heavy atom. The first-order valence-electron chi connectivity index (χ1n) is 4.44. The van der Waals surface area contributed by atoms with Crippen molar-refractivity contribution in [3.05, 3.63) is 34.3 Å². The van der Waals surface area contributed by atoms with Gasteiger partial charge in [-0.15, -0.1) is 0 Å². The van der Waals surface area contributed by atoms with Gasteiger partial charge in [-0.3, -0.25) is 4.79 Å². The molecule has 0 bridgehead atoms. The average molecular weight is 291 g/mol. The molecule has 0 radical (unpaired) electrons. The zero-order valence-corrected chi connectivity index (χ0v) is 10.6. The highest BCUT2D eigenvalue weighted by Gasteiger charge is 2.17. The molecule has 0 N–H and O–H groups in total. The molecule has 0 atom stereocenters. The maximum atomic E-state index is 11.6. The molecule has 0 aliphatic rings. The van der Waals surface area contributed by atoms with Crippen LogP contribution in [0.5, 0.6) is 0 Å². The topological polar surface area (TPSA) is 51.2 Å². The summed E-state index contributed by atoms with van der Waals surface area (Å²) < 4.78 is 23.1. The molecule has 0 saturated carbocycles. The van der Waals surface area contributed by atoms with Crippen molar-refractivity contribution >= 4 is 31.6 Å². The number of Topliss-reactive ketones (excluding diaryl/α,β-unsaturated/α-hetero) is 1. The van der Waals surface area contributed by atoms with Crippen molar-refractivity contribution < 1.29 is 13.2 Å². The number of hydrogen-bond acceptors (Lipinski definition) is 3. The van der Waals surface area contributed by atoms with Crippen LogP contribution in [0.4, 0.5) is 0 Å². The summed E-state index contributed by atoms with van der Waals surface area (Å²) in [6, 6.07) is 6.80. The van der Waals surface area contributed by atoms with E-state index in [1.807, 2.05) is 0 Å². The van der Waals surface area contributed by atoms with Gasteiger partial charge in [-0.05, 0) is 6.07 Å². The molecule has 0 amide bonds. The second kappa shape index (κ2) is 4.90. The van der Waals surface area contributed by atoms with Gasteiger partial charge in [-0.25, -0.2) is 8.42 Å². The van der Waals surface area contributed by atoms with Crippen molar-refractivity contribution in [1.29, 1.82) is 0 Å². The quantitative estimate of drug-likeness (QED) is 0.798. The highest BCUT2D eigenvalue weighted by atomic mass is 79.9. The summed E-state index contributed by atoms with van der Waals surface area (Å²) in [5.41, 5.74) is 0.412. The summed E-state index contributed by atoms with van der Waals surface area (Å²) in [6.45, 7) is 1.53. The van der Waals surface area contributed by atoms with Gasteiger partial charge < -0.3 is 0 Å². The van der Waals surface area contributed by atoms with Gasteiger partial charge in [-0.2, -0.15) is 0 Å². The summed E-state index contributed by atoms with van der Waals surface area (Å²) in [5, 5.41) is 0. The number of carbonyl (C=O) groups excluding carboxylic acids is 1. The predicted molar refractivity (Wildman–Crippen MR) is 62.8 cm³/mol. The molecular formula is C10H11BrO3S. The van der Waals surface area contributed by atoms with E-state index in [-0.39, 0.29) is 11.5 Å². The minimum absolute atomic E-state index is 0.0107. The maximum Gasteiger partial charge on any atom is 0.178 e. The van der Waals surface area contributed by atoms with Gasteiger partial charge in [0.25, 0.3) is 0 Å². The Morgan fingerprint density at radius 3 is 2.47 bits per heavy atom. The molecule has 15 heavy (non-hydrogen) atoms. The van der Waals surface area contributed by atoms with E-state index in [2.05, 4.69) is 15.9 Å². The third-order valence-corrected chi connectivity index (χ3v) is 4.24. The Bertz CT molecular complexity index is 465. The molecule has 0 aliphatic heterocycles. The zero-order valence-electron chi connectivity index (χ0n) is 8.23. The van der Waals surface area contributed by atoms with Crippen LogP contribution in [0.3, 0.4) is 0 Å². The predicted octanol–water partition coefficient (Wildman–Crippen LogP) is 2.07. The normalized spacial score (nSPS) is 11.3. The molecule has 1 rings (SSSR count). The molecule has 0 spiro atoms. The van der Waals surface area contributed by atoms with Gasteiger partial charge in [0.2, 0.25) is 0 Å². The summed E-state index contributed by atoms with van der Waals surface area (Å²) in [7, 11) is -3.25. The Labute approximate surface area is 97.5 Å². The van der Waals surface area contributed by atoms with Crippen LogP contribution in [-0.4, -0.2) is 25.7 Å². The molecule has 0 unspecified atom stereocenters. The van der Waals surface area contributed by atoms with Crippen LogP contribution in [0.15, 0.2) is 28.7 Å². The number of rotatable bonds is 4. The van der Waals surface area contributed by atoms with E-state index < -0.39 is 15.6 Å². The second-order valence-corrected chi connectivity index (χ2v) is 6.29. The van der Waals surface area contributed by atoms with Gasteiger partial charge >= 0.3 is 0 Å². The lowest BCUT2D eigenvalue weighted by Gasteiger charge is -2.03. The van der Waals surface area contributed by atoms with E-state index in [4.69, 9.17) is 0 Å². The van der Waals surface area contributed by atoms with Crippen LogP contribution in [0.2, 0.25) is 0 Å². The van der Waals surface area contributed by atoms with E-state index >= 15 is 0 Å². The first kappa shape index (κ1) is 12.4. The van der Waals surface area contributed by atoms with Gasteiger partial charge in [0.15, 0.2) is 15.6 Å². The number of carbonyl (C=O) groups is 1. The van der Waals surface area contributed by atoms with Crippen LogP contribution < -0.4 is 0 Å². The summed E-state index contributed by atoms with van der Waals surface area (Å²) in [4.78, 5) is 11.6. The average Bonchev–Trinajstić information content (AvgIpc) is 2.17. The fourth-order valence-corrected chi connectivity index (χ4v) is 2.33.